The van der Waals surface area contributed by atoms with Crippen LogP contribution >= 0.6 is 0 Å². The van der Waals surface area contributed by atoms with Crippen LogP contribution in [0.4, 0.5) is 32.0 Å². The third-order valence-corrected chi connectivity index (χ3v) is 3.31. The Morgan fingerprint density at radius 1 is 1.00 bits per heavy atom. The van der Waals surface area contributed by atoms with Crippen molar-refractivity contribution >= 4 is 17.5 Å². The Bertz CT molecular complexity index is 631. The van der Waals surface area contributed by atoms with E-state index < -0.39 is 48.5 Å². The predicted molar refractivity (Wildman–Crippen MR) is 80.4 cm³/mol. The van der Waals surface area contributed by atoms with E-state index in [1.807, 2.05) is 0 Å². The van der Waals surface area contributed by atoms with Gasteiger partial charge in [0.25, 0.3) is 11.8 Å². The summed E-state index contributed by atoms with van der Waals surface area (Å²) >= 11 is 0. The normalized spacial score (nSPS) is 13.2. The highest BCUT2D eigenvalue weighted by Gasteiger charge is 2.34. The summed E-state index contributed by atoms with van der Waals surface area (Å²) in [6.45, 7) is -0.478. The largest absolute Gasteiger partial charge is 0.418 e. The van der Waals surface area contributed by atoms with Gasteiger partial charge in [0, 0.05) is 0 Å². The maximum absolute atomic E-state index is 12.9. The molecule has 0 saturated carbocycles. The molecule has 0 aromatic heterocycles. The summed E-state index contributed by atoms with van der Waals surface area (Å²) in [6, 6.07) is 4.39. The fraction of sp³-hybridized carbons (Fsp3) is 0.467. The van der Waals surface area contributed by atoms with E-state index >= 15 is 0 Å². The van der Waals surface area contributed by atoms with Crippen molar-refractivity contribution in [1.29, 1.82) is 0 Å². The molecule has 0 spiro atoms. The molecule has 0 heterocycles. The Morgan fingerprint density at radius 3 is 2.12 bits per heavy atom. The van der Waals surface area contributed by atoms with Gasteiger partial charge in [-0.3, -0.25) is 9.59 Å². The summed E-state index contributed by atoms with van der Waals surface area (Å²) in [5, 5.41) is 3.79. The third kappa shape index (κ3) is 7.72. The van der Waals surface area contributed by atoms with Gasteiger partial charge >= 0.3 is 12.4 Å². The smallest absolute Gasteiger partial charge is 0.342 e. The van der Waals surface area contributed by atoms with Crippen molar-refractivity contribution in [2.75, 3.05) is 31.5 Å². The lowest BCUT2D eigenvalue weighted by Gasteiger charge is -2.18. The number of hydrogen-bond donors (Lipinski definition) is 3. The SMILES string of the molecule is CC[NH+](CC(=O)NCC(F)(F)F)CC(=O)Nc1ccccc1C(F)(F)F. The Hall–Kier alpha value is -2.30. The number of para-hydroxylation sites is 1. The first-order valence-electron chi connectivity index (χ1n) is 7.55. The maximum Gasteiger partial charge on any atom is 0.418 e. The van der Waals surface area contributed by atoms with E-state index in [1.54, 1.807) is 12.2 Å². The van der Waals surface area contributed by atoms with Crippen molar-refractivity contribution in [3.63, 3.8) is 0 Å². The standard InChI is InChI=1S/C15H17F6N3O2/c1-2-24(7-12(25)22-9-14(16,17)18)8-13(26)23-11-6-4-3-5-10(11)15(19,20)21/h3-6H,2,7-9H2,1H3,(H,22,25)(H,23,26)/p+1. The van der Waals surface area contributed by atoms with Crippen molar-refractivity contribution in [3.05, 3.63) is 29.8 Å². The monoisotopic (exact) mass is 386 g/mol. The van der Waals surface area contributed by atoms with E-state index in [0.717, 1.165) is 12.1 Å². The van der Waals surface area contributed by atoms with Crippen LogP contribution in [0.1, 0.15) is 12.5 Å². The topological polar surface area (TPSA) is 62.6 Å². The van der Waals surface area contributed by atoms with Crippen molar-refractivity contribution in [2.24, 2.45) is 0 Å². The van der Waals surface area contributed by atoms with Gasteiger partial charge in [0.2, 0.25) is 0 Å². The second kappa shape index (κ2) is 8.88. The van der Waals surface area contributed by atoms with Gasteiger partial charge in [-0.1, -0.05) is 12.1 Å². The molecule has 1 unspecified atom stereocenters. The molecule has 2 amide bonds. The van der Waals surface area contributed by atoms with Crippen molar-refractivity contribution in [1.82, 2.24) is 5.32 Å². The van der Waals surface area contributed by atoms with Gasteiger partial charge in [0.1, 0.15) is 6.54 Å². The van der Waals surface area contributed by atoms with Gasteiger partial charge < -0.3 is 15.5 Å². The highest BCUT2D eigenvalue weighted by molar-refractivity contribution is 5.92. The molecule has 1 aromatic rings. The number of quaternary nitrogens is 1. The lowest BCUT2D eigenvalue weighted by Crippen LogP contribution is -3.14. The molecule has 0 aliphatic carbocycles. The first-order chi connectivity index (χ1) is 11.9. The van der Waals surface area contributed by atoms with E-state index in [2.05, 4.69) is 5.32 Å². The zero-order valence-electron chi connectivity index (χ0n) is 13.7. The van der Waals surface area contributed by atoms with Crippen molar-refractivity contribution in [3.8, 4) is 0 Å². The van der Waals surface area contributed by atoms with Crippen LogP contribution in [0.5, 0.6) is 0 Å². The van der Waals surface area contributed by atoms with Gasteiger partial charge in [-0.15, -0.1) is 0 Å². The summed E-state index contributed by atoms with van der Waals surface area (Å²) < 4.78 is 74.8. The second-order valence-corrected chi connectivity index (χ2v) is 5.44. The number of rotatable bonds is 7. The maximum atomic E-state index is 12.9. The molecule has 0 saturated heterocycles. The van der Waals surface area contributed by atoms with Crippen LogP contribution < -0.4 is 15.5 Å². The molecule has 11 heteroatoms. The molecule has 0 fully saturated rings. The van der Waals surface area contributed by atoms with Gasteiger partial charge in [0.05, 0.1) is 17.8 Å². The molecule has 1 atom stereocenters. The van der Waals surface area contributed by atoms with Crippen LogP contribution in [-0.4, -0.2) is 44.2 Å². The van der Waals surface area contributed by atoms with Gasteiger partial charge in [-0.2, -0.15) is 26.3 Å². The highest BCUT2D eigenvalue weighted by atomic mass is 19.4. The second-order valence-electron chi connectivity index (χ2n) is 5.44. The van der Waals surface area contributed by atoms with Crippen molar-refractivity contribution in [2.45, 2.75) is 19.3 Å². The summed E-state index contributed by atoms with van der Waals surface area (Å²) in [5.74, 6) is -1.70. The predicted octanol–water partition coefficient (Wildman–Crippen LogP) is 1.23. The molecule has 26 heavy (non-hydrogen) atoms. The number of alkyl halides is 6. The number of amides is 2. The summed E-state index contributed by atoms with van der Waals surface area (Å²) in [5.41, 5.74) is -1.45. The Balaban J connectivity index is 2.64. The van der Waals surface area contributed by atoms with Crippen LogP contribution in [0, 0.1) is 0 Å². The number of likely N-dealkylation sites (N-methyl/N-ethyl adjacent to an activating group) is 1. The van der Waals surface area contributed by atoms with E-state index in [-0.39, 0.29) is 13.1 Å². The fourth-order valence-electron chi connectivity index (χ4n) is 2.06. The van der Waals surface area contributed by atoms with Crippen LogP contribution in [0.25, 0.3) is 0 Å². The zero-order chi connectivity index (χ0) is 20.0. The Kier molecular flexibility index (Phi) is 7.42. The van der Waals surface area contributed by atoms with Crippen LogP contribution in [0.2, 0.25) is 0 Å². The fourth-order valence-corrected chi connectivity index (χ4v) is 2.06. The molecule has 5 nitrogen and oxygen atoms in total. The van der Waals surface area contributed by atoms with E-state index in [1.165, 1.54) is 12.1 Å². The number of carbonyl (C=O) groups excluding carboxylic acids is 2. The number of benzene rings is 1. The summed E-state index contributed by atoms with van der Waals surface area (Å²) in [6.07, 6.45) is -9.21. The number of carbonyl (C=O) groups is 2. The van der Waals surface area contributed by atoms with Crippen LogP contribution in [0.3, 0.4) is 0 Å². The first-order valence-corrected chi connectivity index (χ1v) is 7.55. The van der Waals surface area contributed by atoms with Crippen LogP contribution in [-0.2, 0) is 15.8 Å². The van der Waals surface area contributed by atoms with Gasteiger partial charge in [0.15, 0.2) is 13.1 Å². The lowest BCUT2D eigenvalue weighted by molar-refractivity contribution is -0.881. The number of anilines is 1. The van der Waals surface area contributed by atoms with Crippen molar-refractivity contribution < 1.29 is 40.8 Å². The van der Waals surface area contributed by atoms with Gasteiger partial charge in [-0.25, -0.2) is 0 Å². The van der Waals surface area contributed by atoms with Crippen LogP contribution in [0.15, 0.2) is 24.3 Å². The zero-order valence-corrected chi connectivity index (χ0v) is 13.7. The molecule has 1 rings (SSSR count). The van der Waals surface area contributed by atoms with E-state index in [0.29, 0.717) is 4.90 Å². The molecular formula is C15H18F6N3O2+. The lowest BCUT2D eigenvalue weighted by atomic mass is 10.1. The molecule has 0 radical (unpaired) electrons. The Labute approximate surface area is 145 Å². The summed E-state index contributed by atoms with van der Waals surface area (Å²) in [4.78, 5) is 23.7. The number of halogens is 6. The molecule has 0 bridgehead atoms. The third-order valence-electron chi connectivity index (χ3n) is 3.31. The minimum Gasteiger partial charge on any atom is -0.342 e. The molecule has 3 N–H and O–H groups in total. The minimum absolute atomic E-state index is 0.216. The average molecular weight is 386 g/mol. The molecule has 0 aliphatic rings. The van der Waals surface area contributed by atoms with E-state index in [4.69, 9.17) is 0 Å². The van der Waals surface area contributed by atoms with E-state index in [9.17, 15) is 35.9 Å². The molecular weight excluding hydrogens is 368 g/mol. The first kappa shape index (κ1) is 21.7. The molecule has 1 aromatic carbocycles. The highest BCUT2D eigenvalue weighted by Crippen LogP contribution is 2.34. The quantitative estimate of drug-likeness (QED) is 0.618. The summed E-state index contributed by atoms with van der Waals surface area (Å²) in [7, 11) is 0. The van der Waals surface area contributed by atoms with Gasteiger partial charge in [-0.05, 0) is 19.1 Å². The molecule has 0 aliphatic heterocycles. The average Bonchev–Trinajstić information content (AvgIpc) is 2.51. The minimum atomic E-state index is -4.65. The molecule has 146 valence electrons. The number of nitrogens with one attached hydrogen (secondary N) is 3. The Morgan fingerprint density at radius 2 is 1.58 bits per heavy atom. The number of hydrogen-bond acceptors (Lipinski definition) is 2.